The van der Waals surface area contributed by atoms with E-state index < -0.39 is 0 Å². The van der Waals surface area contributed by atoms with E-state index in [0.717, 1.165) is 11.8 Å². The molecule has 0 rings (SSSR count). The van der Waals surface area contributed by atoms with Gasteiger partial charge in [0.15, 0.2) is 0 Å². The molecular formula is C2Na2S5. The van der Waals surface area contributed by atoms with Crippen LogP contribution in [0.4, 0.5) is 0 Å². The molecule has 40 valence electrons. The Hall–Kier alpha value is 2.97. The number of hydrogen-bond acceptors (Lipinski definition) is 5. The topological polar surface area (TPSA) is 0 Å². The molecular weight excluding hydrogens is 230 g/mol. The Bertz CT molecular complexity index is 89.1. The molecule has 7 heteroatoms. The zero-order chi connectivity index (χ0) is 5.86. The molecule has 0 spiro atoms. The zero-order valence-corrected chi connectivity index (χ0v) is 13.1. The summed E-state index contributed by atoms with van der Waals surface area (Å²) in [4.78, 5) is 0. The van der Waals surface area contributed by atoms with E-state index >= 15 is 0 Å². The summed E-state index contributed by atoms with van der Waals surface area (Å²) >= 11 is 19.1. The molecule has 0 saturated heterocycles. The van der Waals surface area contributed by atoms with E-state index in [2.05, 4.69) is 49.7 Å². The van der Waals surface area contributed by atoms with Gasteiger partial charge in [0.05, 0.1) is 0 Å². The van der Waals surface area contributed by atoms with Gasteiger partial charge in [-0.1, -0.05) is 7.06 Å². The minimum absolute atomic E-state index is 0. The van der Waals surface area contributed by atoms with Gasteiger partial charge in [0.25, 0.3) is 0 Å². The first-order valence-corrected chi connectivity index (χ1v) is 3.67. The van der Waals surface area contributed by atoms with Crippen molar-refractivity contribution in [2.45, 2.75) is 0 Å². The number of thioether (sulfide) groups is 1. The molecule has 0 atom stereocenters. The molecule has 0 radical (unpaired) electrons. The summed E-state index contributed by atoms with van der Waals surface area (Å²) in [6.07, 6.45) is 0. The van der Waals surface area contributed by atoms with Crippen LogP contribution in [0.15, 0.2) is 0 Å². The van der Waals surface area contributed by atoms with Crippen LogP contribution in [0.5, 0.6) is 0 Å². The van der Waals surface area contributed by atoms with Crippen LogP contribution >= 0.6 is 36.2 Å². The Labute approximate surface area is 125 Å². The van der Waals surface area contributed by atoms with Gasteiger partial charge in [0.2, 0.25) is 0 Å². The maximum absolute atomic E-state index is 4.50. The summed E-state index contributed by atoms with van der Waals surface area (Å²) in [6, 6.07) is 0. The van der Waals surface area contributed by atoms with Crippen molar-refractivity contribution in [3.05, 3.63) is 0 Å². The fourth-order valence-electron chi connectivity index (χ4n) is 0.0680. The largest absolute Gasteiger partial charge is 1.00 e. The molecule has 0 heterocycles. The molecule has 0 aromatic carbocycles. The molecule has 0 aliphatic carbocycles. The van der Waals surface area contributed by atoms with Crippen LogP contribution in [0.25, 0.3) is 0 Å². The predicted octanol–water partition coefficient (Wildman–Crippen LogP) is -4.61. The molecule has 0 saturated carbocycles. The van der Waals surface area contributed by atoms with Crippen molar-refractivity contribution in [2.24, 2.45) is 0 Å². The van der Waals surface area contributed by atoms with Gasteiger partial charge in [-0.3, -0.25) is 0 Å². The van der Waals surface area contributed by atoms with Gasteiger partial charge in [0.1, 0.15) is 0 Å². The van der Waals surface area contributed by atoms with Gasteiger partial charge < -0.3 is 49.7 Å². The summed E-state index contributed by atoms with van der Waals surface area (Å²) in [7, 11) is 0. The predicted molar refractivity (Wildman–Crippen MR) is 47.5 cm³/mol. The minimum atomic E-state index is 0. The van der Waals surface area contributed by atoms with E-state index in [9.17, 15) is 0 Å². The second-order valence-corrected chi connectivity index (χ2v) is 4.81. The molecule has 0 bridgehead atoms. The summed E-state index contributed by atoms with van der Waals surface area (Å²) in [5.74, 6) is 0. The van der Waals surface area contributed by atoms with Crippen LogP contribution in [0.3, 0.4) is 0 Å². The van der Waals surface area contributed by atoms with Crippen molar-refractivity contribution in [3.63, 3.8) is 0 Å². The SMILES string of the molecule is S=C([S-])SC(=S)[S-].[Na+].[Na+]. The molecule has 0 N–H and O–H groups in total. The summed E-state index contributed by atoms with van der Waals surface area (Å²) in [5.41, 5.74) is 0. The van der Waals surface area contributed by atoms with Crippen molar-refractivity contribution in [2.75, 3.05) is 0 Å². The number of rotatable bonds is 0. The Kier molecular flexibility index (Phi) is 21.8. The van der Waals surface area contributed by atoms with Crippen LogP contribution < -0.4 is 59.1 Å². The van der Waals surface area contributed by atoms with Gasteiger partial charge in [-0.05, 0) is 0 Å². The van der Waals surface area contributed by atoms with E-state index in [1.165, 1.54) is 0 Å². The first-order chi connectivity index (χ1) is 3.13. The molecule has 0 fully saturated rings. The van der Waals surface area contributed by atoms with Crippen molar-refractivity contribution in [1.29, 1.82) is 0 Å². The number of thiocarbonyl (C=S) groups is 2. The van der Waals surface area contributed by atoms with Crippen LogP contribution in [-0.2, 0) is 25.3 Å². The second kappa shape index (κ2) is 11.0. The Morgan fingerprint density at radius 3 is 1.22 bits per heavy atom. The van der Waals surface area contributed by atoms with Crippen LogP contribution in [0.1, 0.15) is 0 Å². The third kappa shape index (κ3) is 18.2. The van der Waals surface area contributed by atoms with E-state index in [4.69, 9.17) is 0 Å². The Morgan fingerprint density at radius 1 is 1.00 bits per heavy atom. The van der Waals surface area contributed by atoms with E-state index in [1.807, 2.05) is 0 Å². The van der Waals surface area contributed by atoms with Gasteiger partial charge in [-0.15, -0.1) is 11.8 Å². The van der Waals surface area contributed by atoms with Crippen molar-refractivity contribution < 1.29 is 59.1 Å². The summed E-state index contributed by atoms with van der Waals surface area (Å²) in [6.45, 7) is 0. The smallest absolute Gasteiger partial charge is 0.422 e. The van der Waals surface area contributed by atoms with E-state index in [-0.39, 0.29) is 59.1 Å². The normalized spacial score (nSPS) is 6.22. The van der Waals surface area contributed by atoms with E-state index in [0.29, 0.717) is 7.06 Å². The third-order valence-corrected chi connectivity index (χ3v) is 1.50. The molecule has 0 aromatic heterocycles. The fraction of sp³-hybridized carbons (Fsp3) is 0. The third-order valence-electron chi connectivity index (χ3n) is 0.167. The van der Waals surface area contributed by atoms with Gasteiger partial charge >= 0.3 is 59.1 Å². The quantitative estimate of drug-likeness (QED) is 0.233. The summed E-state index contributed by atoms with van der Waals surface area (Å²) in [5, 5.41) is 0. The standard InChI is InChI=1S/C2H2S5.2Na/c3-1(4)7-2(5)6;;/h(H,3,4)(H,5,6);;/q;2*+1/p-2. The van der Waals surface area contributed by atoms with E-state index in [1.54, 1.807) is 0 Å². The molecule has 0 aliphatic heterocycles. The summed E-state index contributed by atoms with van der Waals surface area (Å²) < 4.78 is 0.750. The van der Waals surface area contributed by atoms with Crippen molar-refractivity contribution >= 4 is 68.5 Å². The first-order valence-electron chi connectivity index (χ1n) is 1.22. The molecule has 0 amide bonds. The van der Waals surface area contributed by atoms with Gasteiger partial charge in [-0.25, -0.2) is 0 Å². The van der Waals surface area contributed by atoms with Crippen molar-refractivity contribution in [1.82, 2.24) is 0 Å². The second-order valence-electron chi connectivity index (χ2n) is 0.602. The van der Waals surface area contributed by atoms with Gasteiger partial charge in [0, 0.05) is 0 Å². The Morgan fingerprint density at radius 2 is 1.22 bits per heavy atom. The van der Waals surface area contributed by atoms with Crippen LogP contribution in [0.2, 0.25) is 0 Å². The zero-order valence-electron chi connectivity index (χ0n) is 5.04. The molecule has 0 nitrogen and oxygen atoms in total. The van der Waals surface area contributed by atoms with Crippen molar-refractivity contribution in [3.8, 4) is 0 Å². The van der Waals surface area contributed by atoms with Crippen LogP contribution in [0, 0.1) is 0 Å². The first kappa shape index (κ1) is 17.9. The molecule has 0 aliphatic rings. The van der Waals surface area contributed by atoms with Crippen LogP contribution in [-0.4, -0.2) is 7.06 Å². The number of hydrogen-bond donors (Lipinski definition) is 0. The monoisotopic (exact) mass is 230 g/mol. The average Bonchev–Trinajstić information content (AvgIpc) is 1.27. The molecule has 9 heavy (non-hydrogen) atoms. The molecule has 0 unspecified atom stereocenters. The minimum Gasteiger partial charge on any atom is -0.422 e. The Balaban J connectivity index is -0.000000180. The molecule has 0 aromatic rings. The maximum Gasteiger partial charge on any atom is 1.00 e. The maximum atomic E-state index is 4.50. The van der Waals surface area contributed by atoms with Gasteiger partial charge in [-0.2, -0.15) is 0 Å². The fourth-order valence-corrected chi connectivity index (χ4v) is 1.84. The average molecular weight is 230 g/mol.